The molecule has 46 heteroatoms. The Labute approximate surface area is 656 Å². The van der Waals surface area contributed by atoms with Crippen LogP contribution in [0.1, 0.15) is 86.7 Å². The number of carboxylic acids is 4. The number of carboxylic acid groups (broad SMARTS) is 4. The van der Waals surface area contributed by atoms with Crippen LogP contribution in [-0.2, 0) is 78.7 Å². The number of aromatic amines is 1. The molecule has 1 aliphatic heterocycles. The van der Waals surface area contributed by atoms with Gasteiger partial charge in [0.05, 0.1) is 69.3 Å². The van der Waals surface area contributed by atoms with Crippen molar-refractivity contribution in [2.45, 2.75) is 121 Å². The van der Waals surface area contributed by atoms with Crippen LogP contribution in [0.4, 0.5) is 45.5 Å². The molecule has 3 heterocycles. The van der Waals surface area contributed by atoms with Crippen molar-refractivity contribution >= 4 is 92.2 Å². The van der Waals surface area contributed by atoms with E-state index in [9.17, 15) is 101 Å². The van der Waals surface area contributed by atoms with E-state index in [4.69, 9.17) is 44.8 Å². The van der Waals surface area contributed by atoms with Crippen molar-refractivity contribution in [2.75, 3.05) is 163 Å². The first-order valence-corrected chi connectivity index (χ1v) is 37.6. The molecule has 0 spiro atoms. The van der Waals surface area contributed by atoms with Crippen LogP contribution in [0, 0.1) is 13.8 Å². The molecule has 1 saturated heterocycles. The van der Waals surface area contributed by atoms with Gasteiger partial charge in [-0.3, -0.25) is 72.1 Å². The normalized spacial score (nSPS) is 14.1. The van der Waals surface area contributed by atoms with E-state index in [-0.39, 0.29) is 60.8 Å². The lowest BCUT2D eigenvalue weighted by atomic mass is 10.1. The molecular weight excluding hydrogens is 1580 g/mol. The molecule has 115 heavy (non-hydrogen) atoms. The van der Waals surface area contributed by atoms with Crippen molar-refractivity contribution in [3.05, 3.63) is 65.6 Å². The molecule has 0 unspecified atom stereocenters. The van der Waals surface area contributed by atoms with Crippen molar-refractivity contribution < 1.29 is 140 Å². The van der Waals surface area contributed by atoms with Gasteiger partial charge < -0.3 is 81.6 Å². The number of nitrogens with two attached hydrogens (primary N) is 1. The number of aldehydes is 1. The molecule has 36 nitrogen and oxygen atoms in total. The predicted octanol–water partition coefficient (Wildman–Crippen LogP) is 2.37. The van der Waals surface area contributed by atoms with E-state index in [1.807, 2.05) is 21.4 Å². The highest BCUT2D eigenvalue weighted by atomic mass is 32.2. The molecule has 0 aliphatic carbocycles. The van der Waals surface area contributed by atoms with E-state index in [1.54, 1.807) is 55.5 Å². The summed E-state index contributed by atoms with van der Waals surface area (Å²) in [6, 6.07) is 5.81. The minimum atomic E-state index is -5.77. The van der Waals surface area contributed by atoms with Crippen LogP contribution in [0.25, 0.3) is 10.9 Å². The van der Waals surface area contributed by atoms with Crippen LogP contribution in [-0.4, -0.2) is 322 Å². The second-order valence-corrected chi connectivity index (χ2v) is 27.1. The summed E-state index contributed by atoms with van der Waals surface area (Å²) in [4.78, 5) is 137. The van der Waals surface area contributed by atoms with Gasteiger partial charge in [-0.05, 0) is 113 Å². The minimum Gasteiger partial charge on any atom is -0.494 e. The number of carbonyl (C=O) groups excluding carboxylic acids is 7. The van der Waals surface area contributed by atoms with Crippen LogP contribution in [0.5, 0.6) is 5.75 Å². The Morgan fingerprint density at radius 2 is 1.15 bits per heavy atom. The van der Waals surface area contributed by atoms with Gasteiger partial charge >= 0.3 is 54.0 Å². The summed E-state index contributed by atoms with van der Waals surface area (Å²) in [5, 5.41) is 56.3. The van der Waals surface area contributed by atoms with E-state index in [0.29, 0.717) is 179 Å². The second-order valence-electron chi connectivity index (χ2n) is 25.4. The lowest BCUT2D eigenvalue weighted by Gasteiger charge is -2.32. The number of Topliss-reactive ketones (excluding diaryl/α,β-unsaturated/α-hetero) is 2. The summed E-state index contributed by atoms with van der Waals surface area (Å²) in [6.07, 6.45) is -7.51. The number of H-pyrrole nitrogens is 1. The van der Waals surface area contributed by atoms with E-state index in [2.05, 4.69) is 51.3 Å². The number of nitrogens with one attached hydrogen (secondary N) is 7. The van der Waals surface area contributed by atoms with Gasteiger partial charge in [0.2, 0.25) is 34.0 Å². The number of imidazole rings is 1. The van der Waals surface area contributed by atoms with Crippen LogP contribution in [0.3, 0.4) is 0 Å². The van der Waals surface area contributed by atoms with E-state index < -0.39 is 94.8 Å². The highest BCUT2D eigenvalue weighted by Crippen LogP contribution is 2.27. The first-order valence-electron chi connectivity index (χ1n) is 36.1. The molecule has 0 radical (unpaired) electrons. The van der Waals surface area contributed by atoms with Crippen molar-refractivity contribution in [2.24, 2.45) is 5.73 Å². The number of fused-ring (bicyclic) bond motifs is 1. The van der Waals surface area contributed by atoms with E-state index >= 15 is 0 Å². The molecule has 2 aromatic heterocycles. The number of ether oxygens (including phenoxy) is 4. The first-order chi connectivity index (χ1) is 54.1. The Kier molecular flexibility index (Phi) is 47.3. The van der Waals surface area contributed by atoms with Crippen LogP contribution in [0.2, 0.25) is 0 Å². The number of amides is 4. The molecule has 1 aliphatic rings. The number of hydrogen-bond acceptors (Lipinski definition) is 25. The summed E-state index contributed by atoms with van der Waals surface area (Å²) in [6.45, 7) is 16.1. The highest BCUT2D eigenvalue weighted by Gasteiger charge is 2.54. The van der Waals surface area contributed by atoms with Gasteiger partial charge in [0.15, 0.2) is 5.95 Å². The number of halogens is 9. The third kappa shape index (κ3) is 44.2. The third-order valence-electron chi connectivity index (χ3n) is 16.1. The molecule has 2 aromatic carbocycles. The number of benzene rings is 2. The van der Waals surface area contributed by atoms with Crippen molar-refractivity contribution in [3.8, 4) is 5.75 Å². The number of nitrogens with zero attached hydrogens (tertiary/aromatic N) is 7. The average molecular weight is 1680 g/mol. The smallest absolute Gasteiger partial charge is 0.458 e. The number of alkyl halides is 9. The maximum absolute atomic E-state index is 13.5. The fourth-order valence-electron chi connectivity index (χ4n) is 10.5. The van der Waals surface area contributed by atoms with Gasteiger partial charge in [0.25, 0.3) is 5.91 Å². The molecule has 2 atom stereocenters. The van der Waals surface area contributed by atoms with Gasteiger partial charge in [0.1, 0.15) is 17.8 Å². The number of rotatable bonds is 45. The van der Waals surface area contributed by atoms with Crippen LogP contribution < -0.4 is 41.8 Å². The van der Waals surface area contributed by atoms with Gasteiger partial charge in [0, 0.05) is 135 Å². The summed E-state index contributed by atoms with van der Waals surface area (Å²) >= 11 is 0. The minimum absolute atomic E-state index is 0.0798. The number of aliphatic carboxylic acids is 4. The number of anilines is 1. The molecule has 648 valence electrons. The fraction of sp³-hybridized carbons (Fsp3) is 0.609. The lowest BCUT2D eigenvalue weighted by Crippen LogP contribution is -2.48. The van der Waals surface area contributed by atoms with Crippen molar-refractivity contribution in [3.63, 3.8) is 0 Å². The zero-order valence-electron chi connectivity index (χ0n) is 63.9. The van der Waals surface area contributed by atoms with Gasteiger partial charge in [-0.1, -0.05) is 6.92 Å². The van der Waals surface area contributed by atoms with E-state index in [1.165, 1.54) is 19.1 Å². The topological polar surface area (TPSA) is 497 Å². The molecule has 13 N–H and O–H groups in total. The number of aryl methyl sites for hydroxylation is 3. The number of aromatic nitrogens is 4. The van der Waals surface area contributed by atoms with Crippen LogP contribution >= 0.6 is 0 Å². The molecular formula is C69H102F9N15O21S. The summed E-state index contributed by atoms with van der Waals surface area (Å²) in [5.74, 6) is -11.2. The average Bonchev–Trinajstić information content (AvgIpc) is 1.38. The molecule has 4 amide bonds. The van der Waals surface area contributed by atoms with Crippen LogP contribution in [0.15, 0.2) is 53.8 Å². The monoisotopic (exact) mass is 1680 g/mol. The molecule has 0 bridgehead atoms. The Balaban J connectivity index is 0.000000822. The Bertz CT molecular complexity index is 3730. The molecule has 0 saturated carbocycles. The second kappa shape index (κ2) is 53.6. The highest BCUT2D eigenvalue weighted by molar-refractivity contribution is 7.89. The maximum Gasteiger partial charge on any atom is 0.458 e. The zero-order chi connectivity index (χ0) is 86.3. The molecule has 4 aromatic rings. The first kappa shape index (κ1) is 102. The number of hydrogen-bond donors (Lipinski definition) is 12. The Hall–Kier alpha value is -9.55. The molecule has 5 rings (SSSR count). The predicted molar refractivity (Wildman–Crippen MR) is 393 cm³/mol. The van der Waals surface area contributed by atoms with Gasteiger partial charge in [-0.2, -0.15) is 49.3 Å². The van der Waals surface area contributed by atoms with Crippen molar-refractivity contribution in [1.82, 2.24) is 65.3 Å². The largest absolute Gasteiger partial charge is 0.494 e. The fourth-order valence-corrected chi connectivity index (χ4v) is 12.2. The van der Waals surface area contributed by atoms with E-state index in [0.717, 1.165) is 31.3 Å². The number of ketones is 2. The lowest BCUT2D eigenvalue weighted by molar-refractivity contribution is -0.193. The van der Waals surface area contributed by atoms with Gasteiger partial charge in [-0.15, -0.1) is 0 Å². The number of likely N-dealkylation sites (N-methyl/N-ethyl adjacent to an activating group) is 1. The van der Waals surface area contributed by atoms with Gasteiger partial charge in [-0.25, -0.2) is 13.4 Å². The summed E-state index contributed by atoms with van der Waals surface area (Å²) in [5.41, 5.74) is 7.23. The SMILES string of the molecule is CC(=O)N[C@H](CCCCN)C(=O)NCCCOCCOCCOCCCNC(=O)CCCOc1cc(C)c(S(=O)(=O)N[C@@H](CNC(=O)c2ccc3c(cnn3CCCNc3ncc[nH]3)c2)C(=O)O)c(C)c1.CCN1CCN(CC(=O)O)CCN(CC(=O)O)CCN(CC(=O)O)CC1.O=C(C(=O)C(F)(F)F)C(F)(F)F.O=CC(F)(F)F. The summed E-state index contributed by atoms with van der Waals surface area (Å²) in [7, 11) is -4.36. The quantitative estimate of drug-likeness (QED) is 0.0131. The Morgan fingerprint density at radius 3 is 1.60 bits per heavy atom. The summed E-state index contributed by atoms with van der Waals surface area (Å²) < 4.78 is 152. The molecule has 1 fully saturated rings. The maximum atomic E-state index is 13.5. The zero-order valence-corrected chi connectivity index (χ0v) is 64.7. The number of sulfonamides is 1. The number of carbonyl (C=O) groups is 11. The Morgan fingerprint density at radius 1 is 0.643 bits per heavy atom. The van der Waals surface area contributed by atoms with Crippen molar-refractivity contribution in [1.29, 1.82) is 0 Å². The number of unbranched alkanes of at least 4 members (excludes halogenated alkanes) is 1. The standard InChI is InChI=1S/C47H71N11O12S.C16H30N4O6.C4F6O2.C2HF3O/c1-33-28-38(70-23-6-11-42(60)49-16-8-21-67-24-26-69-27-25-68-22-9-17-50-45(62)39(56-35(3)59)10-4-5-14-48)29-34(2)43(33)71(65,66)57-40(46(63)64)32-54-44(61)36-12-13-41-37(30-36)31-55-58(41)20-7-15-51-47-52-18-19-53-47;1-2-17-3-5-18(11-14(21)22)7-9-20(13-16(25)26)10-8-19(6-4-17)12-15(23)24;5-3(6,7)1(11)2(12)4(8,9)10;3-2(4,5)1-6/h12-13,18-19,28-31,39-40,57H,4-11,14-17,20-27,32,48H2,1-3H3,(H,49,60)(H,50,62)(H,54,61)(H,56,59)(H,63,64)(H2,51,52,53);2-13H2,1H3,(H,21,22)(H,23,24)(H,25,26);;1H/t39-,40+;;;/m1.../s1. The third-order valence-corrected chi connectivity index (χ3v) is 17.8.